The fourth-order valence-corrected chi connectivity index (χ4v) is 3.40. The highest BCUT2D eigenvalue weighted by Gasteiger charge is 2.33. The summed E-state index contributed by atoms with van der Waals surface area (Å²) in [7, 11) is 0. The molecule has 4 rings (SSSR count). The molecule has 4 heterocycles. The van der Waals surface area contributed by atoms with E-state index in [0.29, 0.717) is 23.8 Å². The zero-order valence-electron chi connectivity index (χ0n) is 14.9. The third kappa shape index (κ3) is 2.77. The van der Waals surface area contributed by atoms with E-state index < -0.39 is 0 Å². The van der Waals surface area contributed by atoms with Gasteiger partial charge < -0.3 is 13.9 Å². The Balaban J connectivity index is 1.66. The molecule has 1 unspecified atom stereocenters. The quantitative estimate of drug-likeness (QED) is 0.713. The van der Waals surface area contributed by atoms with Crippen LogP contribution in [0.25, 0.3) is 11.4 Å². The Hall–Kier alpha value is -3.03. The molecule has 1 fully saturated rings. The number of rotatable bonds is 3. The van der Waals surface area contributed by atoms with Gasteiger partial charge in [0, 0.05) is 18.8 Å². The van der Waals surface area contributed by atoms with Gasteiger partial charge in [-0.05, 0) is 39.7 Å². The number of likely N-dealkylation sites (tertiary alicyclic amines) is 1. The van der Waals surface area contributed by atoms with Gasteiger partial charge >= 0.3 is 0 Å². The second kappa shape index (κ2) is 6.36. The number of hydrogen-bond donors (Lipinski definition) is 0. The lowest BCUT2D eigenvalue weighted by Gasteiger charge is -2.23. The summed E-state index contributed by atoms with van der Waals surface area (Å²) >= 11 is 0. The van der Waals surface area contributed by atoms with Crippen LogP contribution in [-0.2, 0) is 0 Å². The first-order valence-corrected chi connectivity index (χ1v) is 8.55. The minimum absolute atomic E-state index is 0.116. The summed E-state index contributed by atoms with van der Waals surface area (Å²) in [6.45, 7) is 6.15. The second-order valence-electron chi connectivity index (χ2n) is 6.49. The minimum Gasteiger partial charge on any atom is -0.361 e. The molecule has 26 heavy (non-hydrogen) atoms. The number of carbonyl (C=O) groups excluding carboxylic acids is 1. The summed E-state index contributed by atoms with van der Waals surface area (Å²) in [6.07, 6.45) is 3.47. The van der Waals surface area contributed by atoms with Crippen molar-refractivity contribution in [2.45, 2.75) is 39.7 Å². The topological polar surface area (TPSA) is 98.2 Å². The van der Waals surface area contributed by atoms with E-state index in [0.717, 1.165) is 29.8 Å². The van der Waals surface area contributed by atoms with Gasteiger partial charge in [-0.25, -0.2) is 9.97 Å². The van der Waals surface area contributed by atoms with E-state index in [1.54, 1.807) is 24.1 Å². The molecule has 134 valence electrons. The van der Waals surface area contributed by atoms with Gasteiger partial charge in [-0.2, -0.15) is 0 Å². The predicted molar refractivity (Wildman–Crippen MR) is 91.3 cm³/mol. The van der Waals surface area contributed by atoms with Gasteiger partial charge in [0.2, 0.25) is 5.76 Å². The SMILES string of the molecule is Cc1cc(C(=O)N2CCCC2c2ccnc(-c3c(C)noc3C)n2)on1. The van der Waals surface area contributed by atoms with Crippen LogP contribution in [0.3, 0.4) is 0 Å². The van der Waals surface area contributed by atoms with E-state index in [4.69, 9.17) is 14.0 Å². The first-order valence-electron chi connectivity index (χ1n) is 8.55. The Kier molecular flexibility index (Phi) is 4.02. The highest BCUT2D eigenvalue weighted by molar-refractivity contribution is 5.92. The third-order valence-electron chi connectivity index (χ3n) is 4.63. The van der Waals surface area contributed by atoms with Crippen molar-refractivity contribution in [1.29, 1.82) is 0 Å². The van der Waals surface area contributed by atoms with E-state index in [-0.39, 0.29) is 17.7 Å². The molecular formula is C18H19N5O3. The highest BCUT2D eigenvalue weighted by atomic mass is 16.5. The van der Waals surface area contributed by atoms with Crippen LogP contribution in [0.2, 0.25) is 0 Å². The molecule has 0 saturated carbocycles. The van der Waals surface area contributed by atoms with Gasteiger partial charge in [0.25, 0.3) is 5.91 Å². The van der Waals surface area contributed by atoms with E-state index >= 15 is 0 Å². The van der Waals surface area contributed by atoms with Crippen LogP contribution in [-0.4, -0.2) is 37.6 Å². The molecule has 0 spiro atoms. The van der Waals surface area contributed by atoms with Gasteiger partial charge in [-0.15, -0.1) is 0 Å². The molecule has 3 aromatic heterocycles. The molecule has 8 heteroatoms. The van der Waals surface area contributed by atoms with Crippen molar-refractivity contribution in [3.63, 3.8) is 0 Å². The summed E-state index contributed by atoms with van der Waals surface area (Å²) < 4.78 is 10.4. The largest absolute Gasteiger partial charge is 0.361 e. The lowest BCUT2D eigenvalue weighted by molar-refractivity contribution is 0.0690. The molecule has 0 bridgehead atoms. The van der Waals surface area contributed by atoms with E-state index in [2.05, 4.69) is 15.3 Å². The van der Waals surface area contributed by atoms with E-state index in [9.17, 15) is 4.79 Å². The van der Waals surface area contributed by atoms with Crippen LogP contribution in [0.5, 0.6) is 0 Å². The van der Waals surface area contributed by atoms with Gasteiger partial charge in [-0.1, -0.05) is 10.3 Å². The average Bonchev–Trinajstić information content (AvgIpc) is 3.35. The Morgan fingerprint density at radius 1 is 1.23 bits per heavy atom. The number of carbonyl (C=O) groups is 1. The van der Waals surface area contributed by atoms with Crippen LogP contribution >= 0.6 is 0 Å². The molecule has 3 aromatic rings. The lowest BCUT2D eigenvalue weighted by Crippen LogP contribution is -2.30. The van der Waals surface area contributed by atoms with E-state index in [1.165, 1.54) is 0 Å². The fraction of sp³-hybridized carbons (Fsp3) is 0.389. The third-order valence-corrected chi connectivity index (χ3v) is 4.63. The van der Waals surface area contributed by atoms with Crippen molar-refractivity contribution >= 4 is 5.91 Å². The summed E-state index contributed by atoms with van der Waals surface area (Å²) in [5.74, 6) is 1.34. The first-order chi connectivity index (χ1) is 12.5. The summed E-state index contributed by atoms with van der Waals surface area (Å²) in [6, 6.07) is 3.39. The number of aromatic nitrogens is 4. The molecule has 1 atom stereocenters. The number of hydrogen-bond acceptors (Lipinski definition) is 7. The van der Waals surface area contributed by atoms with Crippen LogP contribution < -0.4 is 0 Å². The van der Waals surface area contributed by atoms with Crippen molar-refractivity contribution in [2.75, 3.05) is 6.54 Å². The summed E-state index contributed by atoms with van der Waals surface area (Å²) in [4.78, 5) is 23.6. The first kappa shape index (κ1) is 16.4. The molecule has 1 amide bonds. The molecule has 0 radical (unpaired) electrons. The van der Waals surface area contributed by atoms with Crippen LogP contribution in [0.15, 0.2) is 27.4 Å². The monoisotopic (exact) mass is 353 g/mol. The van der Waals surface area contributed by atoms with Crippen molar-refractivity contribution in [3.8, 4) is 11.4 Å². The second-order valence-corrected chi connectivity index (χ2v) is 6.49. The maximum absolute atomic E-state index is 12.8. The molecule has 0 aromatic carbocycles. The van der Waals surface area contributed by atoms with Crippen LogP contribution in [0.1, 0.15) is 52.3 Å². The molecule has 0 aliphatic carbocycles. The Morgan fingerprint density at radius 2 is 2.08 bits per heavy atom. The normalized spacial score (nSPS) is 17.0. The standard InChI is InChI=1S/C18H19N5O3/c1-10-9-15(26-21-10)18(24)23-8-4-5-14(23)13-6-7-19-17(20-13)16-11(2)22-25-12(16)3/h6-7,9,14H,4-5,8H2,1-3H3. The Morgan fingerprint density at radius 3 is 2.77 bits per heavy atom. The molecule has 8 nitrogen and oxygen atoms in total. The predicted octanol–water partition coefficient (Wildman–Crippen LogP) is 3.02. The maximum atomic E-state index is 12.8. The van der Waals surface area contributed by atoms with Crippen molar-refractivity contribution in [1.82, 2.24) is 25.2 Å². The fourth-order valence-electron chi connectivity index (χ4n) is 3.40. The number of amides is 1. The maximum Gasteiger partial charge on any atom is 0.293 e. The Labute approximate surface area is 150 Å². The minimum atomic E-state index is -0.161. The lowest BCUT2D eigenvalue weighted by atomic mass is 10.1. The molecule has 0 N–H and O–H groups in total. The van der Waals surface area contributed by atoms with Gasteiger partial charge in [0.15, 0.2) is 5.82 Å². The Bertz CT molecular complexity index is 942. The number of nitrogens with zero attached hydrogens (tertiary/aromatic N) is 5. The van der Waals surface area contributed by atoms with Gasteiger partial charge in [0.1, 0.15) is 5.76 Å². The van der Waals surface area contributed by atoms with Crippen LogP contribution in [0, 0.1) is 20.8 Å². The molecular weight excluding hydrogens is 334 g/mol. The molecule has 1 aliphatic rings. The molecule has 1 aliphatic heterocycles. The zero-order valence-corrected chi connectivity index (χ0v) is 14.9. The summed E-state index contributed by atoms with van der Waals surface area (Å²) in [5, 5.41) is 7.77. The summed E-state index contributed by atoms with van der Waals surface area (Å²) in [5.41, 5.74) is 3.04. The van der Waals surface area contributed by atoms with Crippen LogP contribution in [0.4, 0.5) is 0 Å². The van der Waals surface area contributed by atoms with Crippen molar-refractivity contribution in [3.05, 3.63) is 46.9 Å². The zero-order chi connectivity index (χ0) is 18.3. The van der Waals surface area contributed by atoms with Crippen molar-refractivity contribution in [2.24, 2.45) is 0 Å². The smallest absolute Gasteiger partial charge is 0.293 e. The van der Waals surface area contributed by atoms with Gasteiger partial charge in [-0.3, -0.25) is 4.79 Å². The number of aryl methyl sites for hydroxylation is 3. The highest BCUT2D eigenvalue weighted by Crippen LogP contribution is 2.33. The van der Waals surface area contributed by atoms with E-state index in [1.807, 2.05) is 19.9 Å². The average molecular weight is 353 g/mol. The van der Waals surface area contributed by atoms with Crippen molar-refractivity contribution < 1.29 is 13.8 Å². The van der Waals surface area contributed by atoms with Gasteiger partial charge in [0.05, 0.1) is 28.7 Å². The molecule has 1 saturated heterocycles.